The maximum absolute atomic E-state index is 11.5. The summed E-state index contributed by atoms with van der Waals surface area (Å²) in [5, 5.41) is 0. The highest BCUT2D eigenvalue weighted by Crippen LogP contribution is 2.23. The topological polar surface area (TPSA) is 26.3 Å². The van der Waals surface area contributed by atoms with Gasteiger partial charge in [-0.05, 0) is 25.2 Å². The molecular weight excluding hydrogens is 224 g/mol. The zero-order chi connectivity index (χ0) is 13.2. The summed E-state index contributed by atoms with van der Waals surface area (Å²) in [7, 11) is 0. The van der Waals surface area contributed by atoms with Gasteiger partial charge in [0.05, 0.1) is 0 Å². The molecule has 0 aromatic rings. The highest BCUT2D eigenvalue weighted by molar-refractivity contribution is 5.69. The monoisotopic (exact) mass is 254 g/mol. The second-order valence-electron chi connectivity index (χ2n) is 5.76. The number of esters is 1. The van der Waals surface area contributed by atoms with Gasteiger partial charge < -0.3 is 4.74 Å². The third-order valence-electron chi connectivity index (χ3n) is 4.10. The maximum Gasteiger partial charge on any atom is 0.305 e. The van der Waals surface area contributed by atoms with Crippen molar-refractivity contribution in [2.75, 3.05) is 0 Å². The lowest BCUT2D eigenvalue weighted by Crippen LogP contribution is -2.25. The Hall–Kier alpha value is -0.530. The van der Waals surface area contributed by atoms with E-state index in [1.54, 1.807) is 0 Å². The molecule has 1 aliphatic carbocycles. The maximum atomic E-state index is 11.5. The lowest BCUT2D eigenvalue weighted by atomic mass is 9.92. The smallest absolute Gasteiger partial charge is 0.305 e. The van der Waals surface area contributed by atoms with Crippen molar-refractivity contribution in [2.45, 2.75) is 90.6 Å². The van der Waals surface area contributed by atoms with E-state index in [1.807, 2.05) is 6.92 Å². The van der Waals surface area contributed by atoms with Crippen LogP contribution in [0.2, 0.25) is 0 Å². The summed E-state index contributed by atoms with van der Waals surface area (Å²) >= 11 is 0. The second kappa shape index (κ2) is 9.41. The van der Waals surface area contributed by atoms with E-state index < -0.39 is 0 Å². The van der Waals surface area contributed by atoms with E-state index in [0.29, 0.717) is 12.3 Å². The fourth-order valence-corrected chi connectivity index (χ4v) is 2.77. The van der Waals surface area contributed by atoms with Crippen molar-refractivity contribution in [2.24, 2.45) is 5.92 Å². The fourth-order valence-electron chi connectivity index (χ4n) is 2.77. The standard InChI is InChI=1S/C16H30O2/c1-3-16(17)18-15-13-11-9-7-5-4-6-8-10-12-14(15)2/h14-15H,3-13H2,1-2H3/t14-,15+/m0/s1. The second-order valence-corrected chi connectivity index (χ2v) is 5.76. The summed E-state index contributed by atoms with van der Waals surface area (Å²) in [5.74, 6) is 0.499. The summed E-state index contributed by atoms with van der Waals surface area (Å²) < 4.78 is 5.62. The van der Waals surface area contributed by atoms with Crippen molar-refractivity contribution in [3.05, 3.63) is 0 Å². The summed E-state index contributed by atoms with van der Waals surface area (Å²) in [6.07, 6.45) is 13.6. The van der Waals surface area contributed by atoms with Crippen LogP contribution in [-0.2, 0) is 9.53 Å². The number of hydrogen-bond donors (Lipinski definition) is 0. The van der Waals surface area contributed by atoms with Crippen LogP contribution in [-0.4, -0.2) is 12.1 Å². The molecule has 1 fully saturated rings. The van der Waals surface area contributed by atoms with E-state index in [0.717, 1.165) is 6.42 Å². The lowest BCUT2D eigenvalue weighted by molar-refractivity contribution is -0.151. The van der Waals surface area contributed by atoms with Crippen molar-refractivity contribution in [3.8, 4) is 0 Å². The van der Waals surface area contributed by atoms with Crippen LogP contribution in [0.4, 0.5) is 0 Å². The summed E-state index contributed by atoms with van der Waals surface area (Å²) in [6.45, 7) is 4.13. The van der Waals surface area contributed by atoms with Crippen molar-refractivity contribution in [1.82, 2.24) is 0 Å². The molecule has 1 saturated carbocycles. The van der Waals surface area contributed by atoms with Gasteiger partial charge in [0.2, 0.25) is 0 Å². The molecule has 2 nitrogen and oxygen atoms in total. The van der Waals surface area contributed by atoms with Crippen LogP contribution in [0.15, 0.2) is 0 Å². The van der Waals surface area contributed by atoms with Crippen LogP contribution >= 0.6 is 0 Å². The van der Waals surface area contributed by atoms with Crippen LogP contribution in [0.3, 0.4) is 0 Å². The van der Waals surface area contributed by atoms with Crippen LogP contribution in [0.5, 0.6) is 0 Å². The third kappa shape index (κ3) is 6.42. The van der Waals surface area contributed by atoms with Crippen LogP contribution in [0.25, 0.3) is 0 Å². The van der Waals surface area contributed by atoms with Crippen molar-refractivity contribution >= 4 is 5.97 Å². The quantitative estimate of drug-likeness (QED) is 0.658. The predicted molar refractivity (Wildman–Crippen MR) is 75.5 cm³/mol. The van der Waals surface area contributed by atoms with Gasteiger partial charge in [-0.2, -0.15) is 0 Å². The Bertz CT molecular complexity index is 225. The molecule has 0 bridgehead atoms. The van der Waals surface area contributed by atoms with Gasteiger partial charge in [0, 0.05) is 6.42 Å². The molecule has 0 unspecified atom stereocenters. The summed E-state index contributed by atoms with van der Waals surface area (Å²) in [4.78, 5) is 11.5. The van der Waals surface area contributed by atoms with Gasteiger partial charge in [-0.25, -0.2) is 0 Å². The molecule has 0 aromatic carbocycles. The molecule has 18 heavy (non-hydrogen) atoms. The van der Waals surface area contributed by atoms with E-state index in [2.05, 4.69) is 6.92 Å². The Morgan fingerprint density at radius 3 is 2.00 bits per heavy atom. The normalized spacial score (nSPS) is 27.9. The molecule has 1 rings (SSSR count). The molecule has 0 heterocycles. The van der Waals surface area contributed by atoms with E-state index in [1.165, 1.54) is 57.8 Å². The minimum Gasteiger partial charge on any atom is -0.462 e. The zero-order valence-corrected chi connectivity index (χ0v) is 12.2. The summed E-state index contributed by atoms with van der Waals surface area (Å²) in [6, 6.07) is 0. The van der Waals surface area contributed by atoms with Crippen LogP contribution < -0.4 is 0 Å². The molecule has 2 heteroatoms. The van der Waals surface area contributed by atoms with E-state index in [-0.39, 0.29) is 12.1 Å². The van der Waals surface area contributed by atoms with Gasteiger partial charge >= 0.3 is 5.97 Å². The van der Waals surface area contributed by atoms with E-state index in [9.17, 15) is 4.79 Å². The van der Waals surface area contributed by atoms with Gasteiger partial charge in [0.25, 0.3) is 0 Å². The van der Waals surface area contributed by atoms with Crippen molar-refractivity contribution in [1.29, 1.82) is 0 Å². The van der Waals surface area contributed by atoms with Gasteiger partial charge in [-0.3, -0.25) is 4.79 Å². The third-order valence-corrected chi connectivity index (χ3v) is 4.10. The molecule has 106 valence electrons. The average Bonchev–Trinajstić information content (AvgIpc) is 2.37. The van der Waals surface area contributed by atoms with E-state index in [4.69, 9.17) is 4.74 Å². The molecular formula is C16H30O2. The molecule has 1 aliphatic rings. The number of rotatable bonds is 2. The van der Waals surface area contributed by atoms with Gasteiger partial charge in [0.1, 0.15) is 6.10 Å². The number of carbonyl (C=O) groups excluding carboxylic acids is 1. The van der Waals surface area contributed by atoms with Gasteiger partial charge in [-0.15, -0.1) is 0 Å². The SMILES string of the molecule is CCC(=O)O[C@@H]1CCCCCCCCCC[C@@H]1C. The Kier molecular flexibility index (Phi) is 8.11. The zero-order valence-electron chi connectivity index (χ0n) is 12.2. The molecule has 0 spiro atoms. The first kappa shape index (κ1) is 15.5. The van der Waals surface area contributed by atoms with E-state index >= 15 is 0 Å². The first-order valence-electron chi connectivity index (χ1n) is 7.93. The highest BCUT2D eigenvalue weighted by atomic mass is 16.5. The minimum absolute atomic E-state index is 0.0288. The highest BCUT2D eigenvalue weighted by Gasteiger charge is 2.20. The van der Waals surface area contributed by atoms with Crippen molar-refractivity contribution in [3.63, 3.8) is 0 Å². The number of hydrogen-bond acceptors (Lipinski definition) is 2. The largest absolute Gasteiger partial charge is 0.462 e. The number of ether oxygens (including phenoxy) is 1. The molecule has 0 aliphatic heterocycles. The lowest BCUT2D eigenvalue weighted by Gasteiger charge is -2.24. The molecule has 2 atom stereocenters. The average molecular weight is 254 g/mol. The molecule has 0 amide bonds. The summed E-state index contributed by atoms with van der Waals surface area (Å²) in [5.41, 5.74) is 0. The Balaban J connectivity index is 2.44. The Morgan fingerprint density at radius 1 is 0.944 bits per heavy atom. The molecule has 0 aromatic heterocycles. The Morgan fingerprint density at radius 2 is 1.44 bits per heavy atom. The number of carbonyl (C=O) groups is 1. The first-order valence-corrected chi connectivity index (χ1v) is 7.93. The fraction of sp³-hybridized carbons (Fsp3) is 0.938. The minimum atomic E-state index is -0.0288. The van der Waals surface area contributed by atoms with Crippen LogP contribution in [0.1, 0.15) is 84.5 Å². The molecule has 0 saturated heterocycles. The van der Waals surface area contributed by atoms with Crippen LogP contribution in [0, 0.1) is 5.92 Å². The van der Waals surface area contributed by atoms with Crippen molar-refractivity contribution < 1.29 is 9.53 Å². The van der Waals surface area contributed by atoms with Gasteiger partial charge in [-0.1, -0.05) is 58.8 Å². The first-order chi connectivity index (χ1) is 8.74. The Labute approximate surface area is 112 Å². The van der Waals surface area contributed by atoms with Gasteiger partial charge in [0.15, 0.2) is 0 Å². The molecule has 0 radical (unpaired) electrons. The molecule has 0 N–H and O–H groups in total. The predicted octanol–water partition coefficient (Wildman–Crippen LogP) is 4.86.